The molecule has 0 saturated carbocycles. The van der Waals surface area contributed by atoms with E-state index in [0.29, 0.717) is 18.7 Å². The van der Waals surface area contributed by atoms with Crippen molar-refractivity contribution >= 4 is 5.69 Å². The smallest absolute Gasteiger partial charge is 0.101 e. The Morgan fingerprint density at radius 2 is 2.22 bits per heavy atom. The third-order valence-electron chi connectivity index (χ3n) is 2.55. The molecule has 1 aromatic carbocycles. The number of anilines is 1. The van der Waals surface area contributed by atoms with Crippen molar-refractivity contribution in [3.8, 4) is 6.07 Å². The fourth-order valence-electron chi connectivity index (χ4n) is 1.65. The van der Waals surface area contributed by atoms with Crippen molar-refractivity contribution in [3.05, 3.63) is 47.8 Å². The molecule has 0 aliphatic rings. The number of hydrogen-bond donors (Lipinski definition) is 2. The van der Waals surface area contributed by atoms with Gasteiger partial charge in [-0.05, 0) is 12.1 Å². The van der Waals surface area contributed by atoms with Gasteiger partial charge in [0.15, 0.2) is 0 Å². The van der Waals surface area contributed by atoms with Crippen molar-refractivity contribution in [1.29, 1.82) is 5.26 Å². The van der Waals surface area contributed by atoms with Crippen molar-refractivity contribution in [1.82, 2.24) is 9.78 Å². The summed E-state index contributed by atoms with van der Waals surface area (Å²) in [6.45, 7) is 1.17. The highest BCUT2D eigenvalue weighted by atomic mass is 16.3. The van der Waals surface area contributed by atoms with Gasteiger partial charge in [-0.3, -0.25) is 4.68 Å². The average Bonchev–Trinajstić information content (AvgIpc) is 2.85. The first-order valence-corrected chi connectivity index (χ1v) is 5.68. The summed E-state index contributed by atoms with van der Waals surface area (Å²) in [6, 6.07) is 9.51. The molecule has 0 saturated heterocycles. The van der Waals surface area contributed by atoms with Gasteiger partial charge < -0.3 is 10.4 Å². The molecule has 92 valence electrons. The number of rotatable bonds is 5. The molecule has 0 fully saturated rings. The first kappa shape index (κ1) is 12.1. The Kier molecular flexibility index (Phi) is 3.94. The number of nitrogens with one attached hydrogen (secondary N) is 1. The zero-order valence-corrected chi connectivity index (χ0v) is 9.87. The van der Waals surface area contributed by atoms with E-state index in [-0.39, 0.29) is 6.61 Å². The first-order chi connectivity index (χ1) is 8.83. The number of aliphatic hydroxyl groups is 1. The number of nitrogens with zero attached hydrogens (tertiary/aromatic N) is 3. The van der Waals surface area contributed by atoms with Crippen molar-refractivity contribution in [3.63, 3.8) is 0 Å². The summed E-state index contributed by atoms with van der Waals surface area (Å²) in [5.41, 5.74) is 2.45. The van der Waals surface area contributed by atoms with Crippen molar-refractivity contribution in [2.24, 2.45) is 0 Å². The Labute approximate surface area is 105 Å². The minimum absolute atomic E-state index is 0.0752. The normalized spacial score (nSPS) is 10.0. The number of aliphatic hydroxyl groups excluding tert-OH is 1. The number of aromatic nitrogens is 2. The summed E-state index contributed by atoms with van der Waals surface area (Å²) in [5.74, 6) is 0. The Hall–Kier alpha value is -2.32. The average molecular weight is 242 g/mol. The van der Waals surface area contributed by atoms with E-state index in [1.807, 2.05) is 24.4 Å². The van der Waals surface area contributed by atoms with E-state index in [1.165, 1.54) is 0 Å². The van der Waals surface area contributed by atoms with Crippen LogP contribution in [0.1, 0.15) is 11.1 Å². The highest BCUT2D eigenvalue weighted by molar-refractivity contribution is 5.57. The molecule has 18 heavy (non-hydrogen) atoms. The molecule has 0 amide bonds. The molecular formula is C13H14N4O. The van der Waals surface area contributed by atoms with Gasteiger partial charge in [0.05, 0.1) is 30.6 Å². The Morgan fingerprint density at radius 1 is 1.39 bits per heavy atom. The zero-order chi connectivity index (χ0) is 12.8. The second-order valence-corrected chi connectivity index (χ2v) is 3.85. The summed E-state index contributed by atoms with van der Waals surface area (Å²) >= 11 is 0. The lowest BCUT2D eigenvalue weighted by Crippen LogP contribution is -2.02. The number of para-hydroxylation sites is 1. The molecule has 5 heteroatoms. The minimum Gasteiger partial charge on any atom is -0.394 e. The van der Waals surface area contributed by atoms with Gasteiger partial charge in [-0.25, -0.2) is 0 Å². The van der Waals surface area contributed by atoms with Gasteiger partial charge in [-0.15, -0.1) is 0 Å². The standard InChI is InChI=1S/C13H14N4O/c14-7-12-3-1-2-4-13(12)15-8-11-9-16-17(10-11)5-6-18/h1-4,9-10,15,18H,5-6,8H2. The van der Waals surface area contributed by atoms with Crippen LogP contribution in [0.15, 0.2) is 36.7 Å². The topological polar surface area (TPSA) is 73.9 Å². The lowest BCUT2D eigenvalue weighted by molar-refractivity contribution is 0.269. The Bertz CT molecular complexity index is 556. The fourth-order valence-corrected chi connectivity index (χ4v) is 1.65. The largest absolute Gasteiger partial charge is 0.394 e. The van der Waals surface area contributed by atoms with Crippen LogP contribution in [-0.4, -0.2) is 21.5 Å². The zero-order valence-electron chi connectivity index (χ0n) is 9.87. The third-order valence-corrected chi connectivity index (χ3v) is 2.55. The highest BCUT2D eigenvalue weighted by Crippen LogP contribution is 2.14. The van der Waals surface area contributed by atoms with Crippen LogP contribution in [0.5, 0.6) is 0 Å². The van der Waals surface area contributed by atoms with Crippen LogP contribution < -0.4 is 5.32 Å². The van der Waals surface area contributed by atoms with Gasteiger partial charge in [-0.2, -0.15) is 10.4 Å². The maximum Gasteiger partial charge on any atom is 0.101 e. The second-order valence-electron chi connectivity index (χ2n) is 3.85. The molecule has 5 nitrogen and oxygen atoms in total. The first-order valence-electron chi connectivity index (χ1n) is 5.68. The van der Waals surface area contributed by atoms with Gasteiger partial charge in [0, 0.05) is 18.3 Å². The summed E-state index contributed by atoms with van der Waals surface area (Å²) in [5, 5.41) is 25.1. The van der Waals surface area contributed by atoms with E-state index in [0.717, 1.165) is 11.3 Å². The summed E-state index contributed by atoms with van der Waals surface area (Å²) < 4.78 is 1.69. The molecule has 1 heterocycles. The molecule has 0 unspecified atom stereocenters. The molecular weight excluding hydrogens is 228 g/mol. The number of nitriles is 1. The van der Waals surface area contributed by atoms with Crippen LogP contribution in [0.2, 0.25) is 0 Å². The molecule has 0 aliphatic carbocycles. The highest BCUT2D eigenvalue weighted by Gasteiger charge is 2.01. The minimum atomic E-state index is 0.0752. The van der Waals surface area contributed by atoms with Crippen LogP contribution in [-0.2, 0) is 13.1 Å². The molecule has 0 aliphatic heterocycles. The van der Waals surface area contributed by atoms with Gasteiger partial charge in [0.1, 0.15) is 6.07 Å². The van der Waals surface area contributed by atoms with Crippen molar-refractivity contribution < 1.29 is 5.11 Å². The molecule has 0 bridgehead atoms. The molecule has 2 aromatic rings. The van der Waals surface area contributed by atoms with Crippen LogP contribution in [0.4, 0.5) is 5.69 Å². The van der Waals surface area contributed by atoms with E-state index >= 15 is 0 Å². The predicted molar refractivity (Wildman–Crippen MR) is 67.8 cm³/mol. The second kappa shape index (κ2) is 5.84. The molecule has 2 N–H and O–H groups in total. The SMILES string of the molecule is N#Cc1ccccc1NCc1cnn(CCO)c1. The summed E-state index contributed by atoms with van der Waals surface area (Å²) in [7, 11) is 0. The van der Waals surface area contributed by atoms with Crippen LogP contribution >= 0.6 is 0 Å². The lowest BCUT2D eigenvalue weighted by atomic mass is 10.2. The van der Waals surface area contributed by atoms with E-state index in [9.17, 15) is 0 Å². The molecule has 0 spiro atoms. The number of hydrogen-bond acceptors (Lipinski definition) is 4. The van der Waals surface area contributed by atoms with Gasteiger partial charge in [0.2, 0.25) is 0 Å². The van der Waals surface area contributed by atoms with Crippen LogP contribution in [0.25, 0.3) is 0 Å². The predicted octanol–water partition coefficient (Wildman–Crippen LogP) is 1.36. The molecule has 2 rings (SSSR count). The van der Waals surface area contributed by atoms with Gasteiger partial charge in [0.25, 0.3) is 0 Å². The molecule has 0 atom stereocenters. The fraction of sp³-hybridized carbons (Fsp3) is 0.231. The van der Waals surface area contributed by atoms with Gasteiger partial charge >= 0.3 is 0 Å². The van der Waals surface area contributed by atoms with Crippen LogP contribution in [0.3, 0.4) is 0 Å². The van der Waals surface area contributed by atoms with Gasteiger partial charge in [-0.1, -0.05) is 12.1 Å². The quantitative estimate of drug-likeness (QED) is 0.830. The maximum atomic E-state index is 8.96. The maximum absolute atomic E-state index is 8.96. The molecule has 0 radical (unpaired) electrons. The third kappa shape index (κ3) is 2.87. The Morgan fingerprint density at radius 3 is 3.00 bits per heavy atom. The van der Waals surface area contributed by atoms with Crippen LogP contribution in [0, 0.1) is 11.3 Å². The Balaban J connectivity index is 2.00. The van der Waals surface area contributed by atoms with E-state index < -0.39 is 0 Å². The summed E-state index contributed by atoms with van der Waals surface area (Å²) in [6.07, 6.45) is 3.62. The number of benzene rings is 1. The summed E-state index contributed by atoms with van der Waals surface area (Å²) in [4.78, 5) is 0. The van der Waals surface area contributed by atoms with Crippen molar-refractivity contribution in [2.75, 3.05) is 11.9 Å². The van der Waals surface area contributed by atoms with E-state index in [2.05, 4.69) is 16.5 Å². The van der Waals surface area contributed by atoms with Crippen molar-refractivity contribution in [2.45, 2.75) is 13.1 Å². The van der Waals surface area contributed by atoms with E-state index in [4.69, 9.17) is 10.4 Å². The lowest BCUT2D eigenvalue weighted by Gasteiger charge is -2.06. The molecule has 1 aromatic heterocycles. The van der Waals surface area contributed by atoms with E-state index in [1.54, 1.807) is 16.9 Å². The monoisotopic (exact) mass is 242 g/mol.